The molecule has 0 spiro atoms. The van der Waals surface area contributed by atoms with E-state index in [1.165, 1.54) is 10.9 Å². The summed E-state index contributed by atoms with van der Waals surface area (Å²) in [6.45, 7) is 2.00. The molecular formula is C25H15Cl2N5O. The maximum absolute atomic E-state index is 13.7. The lowest BCUT2D eigenvalue weighted by Crippen LogP contribution is -2.19. The minimum Gasteiger partial charge on any atom is -0.276 e. The summed E-state index contributed by atoms with van der Waals surface area (Å²) in [7, 11) is 0. The molecule has 0 bridgehead atoms. The van der Waals surface area contributed by atoms with Crippen LogP contribution < -0.4 is 5.56 Å². The Hall–Kier alpha value is -3.74. The van der Waals surface area contributed by atoms with Gasteiger partial charge in [-0.1, -0.05) is 53.0 Å². The summed E-state index contributed by atoms with van der Waals surface area (Å²) in [5.41, 5.74) is 5.16. The van der Waals surface area contributed by atoms with Gasteiger partial charge in [0.05, 0.1) is 32.5 Å². The Morgan fingerprint density at radius 1 is 0.788 bits per heavy atom. The first-order valence-electron chi connectivity index (χ1n) is 10.2. The van der Waals surface area contributed by atoms with Gasteiger partial charge in [0.25, 0.3) is 5.56 Å². The van der Waals surface area contributed by atoms with E-state index in [1.54, 1.807) is 16.7 Å². The number of nitrogens with zero attached hydrogens (tertiary/aromatic N) is 5. The van der Waals surface area contributed by atoms with Gasteiger partial charge < -0.3 is 0 Å². The second-order valence-electron chi connectivity index (χ2n) is 7.77. The van der Waals surface area contributed by atoms with Crippen LogP contribution in [0.1, 0.15) is 5.56 Å². The molecule has 160 valence electrons. The molecule has 8 heteroatoms. The van der Waals surface area contributed by atoms with E-state index in [4.69, 9.17) is 33.2 Å². The first-order valence-corrected chi connectivity index (χ1v) is 11.0. The normalized spacial score (nSPS) is 11.6. The Labute approximate surface area is 197 Å². The number of fused-ring (bicyclic) bond motifs is 4. The van der Waals surface area contributed by atoms with Crippen molar-refractivity contribution in [2.24, 2.45) is 0 Å². The molecule has 0 N–H and O–H groups in total. The zero-order valence-corrected chi connectivity index (χ0v) is 18.8. The van der Waals surface area contributed by atoms with Gasteiger partial charge in [0, 0.05) is 0 Å². The van der Waals surface area contributed by atoms with E-state index < -0.39 is 0 Å². The number of aromatic nitrogens is 5. The predicted octanol–water partition coefficient (Wildman–Crippen LogP) is 5.89. The third kappa shape index (κ3) is 3.10. The van der Waals surface area contributed by atoms with E-state index >= 15 is 0 Å². The van der Waals surface area contributed by atoms with Crippen molar-refractivity contribution in [2.45, 2.75) is 6.92 Å². The first-order chi connectivity index (χ1) is 16.0. The number of hydrogen-bond donors (Lipinski definition) is 0. The highest BCUT2D eigenvalue weighted by Gasteiger charge is 2.21. The Morgan fingerprint density at radius 3 is 2.21 bits per heavy atom. The van der Waals surface area contributed by atoms with Gasteiger partial charge >= 0.3 is 0 Å². The van der Waals surface area contributed by atoms with Gasteiger partial charge in [-0.05, 0) is 49.4 Å². The Kier molecular flexibility index (Phi) is 4.47. The minimum atomic E-state index is -0.225. The number of hydrogen-bond acceptors (Lipinski definition) is 4. The van der Waals surface area contributed by atoms with Crippen LogP contribution in [0.15, 0.2) is 77.9 Å². The summed E-state index contributed by atoms with van der Waals surface area (Å²) < 4.78 is 3.32. The molecule has 0 saturated carbocycles. The number of benzene rings is 3. The lowest BCUT2D eigenvalue weighted by atomic mass is 10.2. The zero-order valence-electron chi connectivity index (χ0n) is 17.3. The van der Waals surface area contributed by atoms with E-state index in [2.05, 4.69) is 4.98 Å². The standard InChI is InChI=1S/C25H15Cl2N5O/c1-14-6-8-15(9-7-14)31-13-28-23-21(25(31)33)22-24(30-20-5-3-2-4-19(20)29-22)32(23)16-10-11-17(26)18(27)12-16/h2-13H,1H3. The van der Waals surface area contributed by atoms with E-state index in [1.807, 2.05) is 61.5 Å². The monoisotopic (exact) mass is 471 g/mol. The fourth-order valence-electron chi connectivity index (χ4n) is 3.99. The molecule has 0 aliphatic rings. The van der Waals surface area contributed by atoms with E-state index in [0.29, 0.717) is 49.0 Å². The summed E-state index contributed by atoms with van der Waals surface area (Å²) in [4.78, 5) is 28.0. The molecule has 0 atom stereocenters. The largest absolute Gasteiger partial charge is 0.276 e. The van der Waals surface area contributed by atoms with Crippen molar-refractivity contribution in [3.63, 3.8) is 0 Å². The highest BCUT2D eigenvalue weighted by Crippen LogP contribution is 2.31. The van der Waals surface area contributed by atoms with Crippen LogP contribution in [0.3, 0.4) is 0 Å². The highest BCUT2D eigenvalue weighted by molar-refractivity contribution is 6.42. The molecule has 6 nitrogen and oxygen atoms in total. The van der Waals surface area contributed by atoms with Crippen molar-refractivity contribution in [3.05, 3.63) is 99.0 Å². The van der Waals surface area contributed by atoms with Gasteiger partial charge in [0.15, 0.2) is 11.3 Å². The van der Waals surface area contributed by atoms with Crippen LogP contribution in [0.4, 0.5) is 0 Å². The van der Waals surface area contributed by atoms with Gasteiger partial charge in [-0.25, -0.2) is 15.0 Å². The van der Waals surface area contributed by atoms with Crippen molar-refractivity contribution in [2.75, 3.05) is 0 Å². The molecule has 0 unspecified atom stereocenters. The van der Waals surface area contributed by atoms with Gasteiger partial charge in [-0.15, -0.1) is 0 Å². The van der Waals surface area contributed by atoms with Crippen LogP contribution in [0.5, 0.6) is 0 Å². The number of para-hydroxylation sites is 2. The van der Waals surface area contributed by atoms with Crippen LogP contribution in [0.2, 0.25) is 10.0 Å². The fourth-order valence-corrected chi connectivity index (χ4v) is 4.29. The SMILES string of the molecule is Cc1ccc(-n2cnc3c(c2=O)c2nc4ccccc4nc2n3-c2ccc(Cl)c(Cl)c2)cc1. The van der Waals surface area contributed by atoms with Gasteiger partial charge in [0.1, 0.15) is 17.2 Å². The quantitative estimate of drug-likeness (QED) is 0.315. The summed E-state index contributed by atoms with van der Waals surface area (Å²) >= 11 is 12.5. The summed E-state index contributed by atoms with van der Waals surface area (Å²) in [5, 5.41) is 1.22. The molecule has 0 fully saturated rings. The number of rotatable bonds is 2. The summed E-state index contributed by atoms with van der Waals surface area (Å²) in [6.07, 6.45) is 1.53. The molecule has 0 saturated heterocycles. The Balaban J connectivity index is 1.77. The highest BCUT2D eigenvalue weighted by atomic mass is 35.5. The maximum atomic E-state index is 13.7. The molecule has 0 aliphatic carbocycles. The molecule has 6 aromatic rings. The van der Waals surface area contributed by atoms with Crippen molar-refractivity contribution in [3.8, 4) is 11.4 Å². The molecule has 3 aromatic carbocycles. The summed E-state index contributed by atoms with van der Waals surface area (Å²) in [6, 6.07) is 20.5. The molecule has 0 amide bonds. The topological polar surface area (TPSA) is 65.6 Å². The van der Waals surface area contributed by atoms with Gasteiger partial charge in [-0.2, -0.15) is 0 Å². The maximum Gasteiger partial charge on any atom is 0.269 e. The van der Waals surface area contributed by atoms with Crippen molar-refractivity contribution in [1.82, 2.24) is 24.1 Å². The van der Waals surface area contributed by atoms with Crippen LogP contribution in [0.25, 0.3) is 44.6 Å². The van der Waals surface area contributed by atoms with Crippen molar-refractivity contribution < 1.29 is 0 Å². The average molecular weight is 472 g/mol. The van der Waals surface area contributed by atoms with Crippen LogP contribution in [-0.4, -0.2) is 24.1 Å². The summed E-state index contributed by atoms with van der Waals surface area (Å²) in [5.74, 6) is 0. The zero-order chi connectivity index (χ0) is 22.7. The molecular weight excluding hydrogens is 457 g/mol. The molecule has 0 radical (unpaired) electrons. The van der Waals surface area contributed by atoms with Crippen molar-refractivity contribution in [1.29, 1.82) is 0 Å². The van der Waals surface area contributed by atoms with E-state index in [0.717, 1.165) is 11.3 Å². The lowest BCUT2D eigenvalue weighted by Gasteiger charge is -2.09. The number of halogens is 2. The third-order valence-electron chi connectivity index (χ3n) is 5.64. The minimum absolute atomic E-state index is 0.225. The smallest absolute Gasteiger partial charge is 0.269 e. The molecule has 3 aromatic heterocycles. The average Bonchev–Trinajstić information content (AvgIpc) is 3.14. The van der Waals surface area contributed by atoms with Crippen molar-refractivity contribution >= 4 is 56.4 Å². The molecule has 6 rings (SSSR count). The molecule has 3 heterocycles. The second kappa shape index (κ2) is 7.40. The van der Waals surface area contributed by atoms with Crippen LogP contribution >= 0.6 is 23.2 Å². The predicted molar refractivity (Wildman–Crippen MR) is 132 cm³/mol. The third-order valence-corrected chi connectivity index (χ3v) is 6.38. The van der Waals surface area contributed by atoms with Gasteiger partial charge in [-0.3, -0.25) is 13.9 Å². The first kappa shape index (κ1) is 19.9. The lowest BCUT2D eigenvalue weighted by molar-refractivity contribution is 0.951. The molecule has 0 aliphatic heterocycles. The van der Waals surface area contributed by atoms with Crippen LogP contribution in [-0.2, 0) is 0 Å². The second-order valence-corrected chi connectivity index (χ2v) is 8.59. The van der Waals surface area contributed by atoms with E-state index in [9.17, 15) is 4.79 Å². The number of aryl methyl sites for hydroxylation is 1. The van der Waals surface area contributed by atoms with Gasteiger partial charge in [0.2, 0.25) is 0 Å². The Morgan fingerprint density at radius 2 is 1.48 bits per heavy atom. The molecule has 33 heavy (non-hydrogen) atoms. The van der Waals surface area contributed by atoms with E-state index in [-0.39, 0.29) is 5.56 Å². The van der Waals surface area contributed by atoms with Crippen LogP contribution in [0, 0.1) is 6.92 Å². The Bertz CT molecular complexity index is 1770. The fraction of sp³-hybridized carbons (Fsp3) is 0.0400.